The number of hydrogen-bond acceptors (Lipinski definition) is 6. The second kappa shape index (κ2) is 9.75. The van der Waals surface area contributed by atoms with Crippen LogP contribution in [0.5, 0.6) is 0 Å². The van der Waals surface area contributed by atoms with Gasteiger partial charge in [0.2, 0.25) is 11.8 Å². The summed E-state index contributed by atoms with van der Waals surface area (Å²) in [6.45, 7) is 5.47. The summed E-state index contributed by atoms with van der Waals surface area (Å²) in [6.07, 6.45) is 0.156. The zero-order chi connectivity index (χ0) is 20.9. The van der Waals surface area contributed by atoms with Crippen LogP contribution in [0.15, 0.2) is 46.9 Å². The van der Waals surface area contributed by atoms with Gasteiger partial charge >= 0.3 is 0 Å². The van der Waals surface area contributed by atoms with Crippen molar-refractivity contribution in [2.75, 3.05) is 26.2 Å². The van der Waals surface area contributed by atoms with Crippen molar-refractivity contribution in [3.8, 4) is 11.5 Å². The number of nitrogens with one attached hydrogen (secondary N) is 1. The molecule has 1 aromatic carbocycles. The molecular weight excluding hydrogens is 422 g/mol. The lowest BCUT2D eigenvalue weighted by Crippen LogP contribution is -2.47. The van der Waals surface area contributed by atoms with Gasteiger partial charge in [0.05, 0.1) is 29.2 Å². The molecule has 1 N–H and O–H groups in total. The van der Waals surface area contributed by atoms with Gasteiger partial charge in [0.25, 0.3) is 0 Å². The van der Waals surface area contributed by atoms with E-state index >= 15 is 0 Å². The fourth-order valence-electron chi connectivity index (χ4n) is 3.44. The number of halogens is 1. The Balaban J connectivity index is 1.27. The standard InChI is InChI=1S/C22H24ClN3O3S/c1-15-19(25-22(29-15)16-5-3-2-4-6-16)11-21(27)24-12-17-13-26(9-10-28-17)14-18-7-8-20(23)30-18/h2-8,17H,9-14H2,1H3,(H,24,27)/t17-/m0/s1. The molecule has 158 valence electrons. The minimum atomic E-state index is -0.0863. The largest absolute Gasteiger partial charge is 0.441 e. The molecule has 4 rings (SSSR count). The molecule has 8 heteroatoms. The fourth-order valence-corrected chi connectivity index (χ4v) is 4.57. The van der Waals surface area contributed by atoms with Crippen LogP contribution in [0, 0.1) is 6.92 Å². The minimum Gasteiger partial charge on any atom is -0.441 e. The quantitative estimate of drug-likeness (QED) is 0.597. The molecule has 0 unspecified atom stereocenters. The number of amides is 1. The van der Waals surface area contributed by atoms with Crippen LogP contribution in [-0.2, 0) is 22.5 Å². The Kier molecular flexibility index (Phi) is 6.84. The second-order valence-corrected chi connectivity index (χ2v) is 9.10. The van der Waals surface area contributed by atoms with Gasteiger partial charge in [0, 0.05) is 36.6 Å². The zero-order valence-electron chi connectivity index (χ0n) is 16.8. The highest BCUT2D eigenvalue weighted by atomic mass is 35.5. The molecule has 1 fully saturated rings. The van der Waals surface area contributed by atoms with Crippen molar-refractivity contribution in [1.29, 1.82) is 0 Å². The van der Waals surface area contributed by atoms with E-state index in [0.29, 0.717) is 30.5 Å². The number of carbonyl (C=O) groups is 1. The molecule has 1 saturated heterocycles. The van der Waals surface area contributed by atoms with Gasteiger partial charge < -0.3 is 14.5 Å². The molecule has 30 heavy (non-hydrogen) atoms. The number of nitrogens with zero attached hydrogens (tertiary/aromatic N) is 2. The third-order valence-electron chi connectivity index (χ3n) is 5.00. The highest BCUT2D eigenvalue weighted by molar-refractivity contribution is 7.16. The van der Waals surface area contributed by atoms with E-state index in [2.05, 4.69) is 21.3 Å². The molecular formula is C22H24ClN3O3S. The first-order valence-corrected chi connectivity index (χ1v) is 11.1. The first-order chi connectivity index (χ1) is 14.6. The molecule has 1 atom stereocenters. The van der Waals surface area contributed by atoms with E-state index in [-0.39, 0.29) is 18.4 Å². The van der Waals surface area contributed by atoms with E-state index in [4.69, 9.17) is 20.8 Å². The fraction of sp³-hybridized carbons (Fsp3) is 0.364. The predicted molar refractivity (Wildman–Crippen MR) is 118 cm³/mol. The van der Waals surface area contributed by atoms with Crippen molar-refractivity contribution >= 4 is 28.8 Å². The number of carbonyl (C=O) groups excluding carboxylic acids is 1. The lowest BCUT2D eigenvalue weighted by Gasteiger charge is -2.32. The lowest BCUT2D eigenvalue weighted by molar-refractivity contribution is -0.121. The van der Waals surface area contributed by atoms with Crippen LogP contribution in [0.1, 0.15) is 16.3 Å². The number of benzene rings is 1. The topological polar surface area (TPSA) is 67.6 Å². The van der Waals surface area contributed by atoms with Crippen LogP contribution in [0.25, 0.3) is 11.5 Å². The van der Waals surface area contributed by atoms with E-state index in [9.17, 15) is 4.79 Å². The highest BCUT2D eigenvalue weighted by Gasteiger charge is 2.22. The second-order valence-electron chi connectivity index (χ2n) is 7.30. The third kappa shape index (κ3) is 5.49. The number of hydrogen-bond donors (Lipinski definition) is 1. The molecule has 1 amide bonds. The maximum atomic E-state index is 12.5. The number of oxazole rings is 1. The van der Waals surface area contributed by atoms with Crippen LogP contribution in [0.3, 0.4) is 0 Å². The van der Waals surface area contributed by atoms with Gasteiger partial charge in [0.15, 0.2) is 0 Å². The molecule has 0 aliphatic carbocycles. The molecule has 3 aromatic rings. The number of rotatable bonds is 7. The summed E-state index contributed by atoms with van der Waals surface area (Å²) in [5, 5.41) is 2.97. The van der Waals surface area contributed by atoms with Gasteiger partial charge in [-0.05, 0) is 31.2 Å². The van der Waals surface area contributed by atoms with Crippen LogP contribution >= 0.6 is 22.9 Å². The summed E-state index contributed by atoms with van der Waals surface area (Å²) < 4.78 is 12.4. The van der Waals surface area contributed by atoms with Crippen molar-refractivity contribution in [1.82, 2.24) is 15.2 Å². The average Bonchev–Trinajstić information content (AvgIpc) is 3.32. The number of aryl methyl sites for hydroxylation is 1. The van der Waals surface area contributed by atoms with Gasteiger partial charge in [-0.25, -0.2) is 4.98 Å². The Bertz CT molecular complexity index is 989. The molecule has 0 radical (unpaired) electrons. The summed E-state index contributed by atoms with van der Waals surface area (Å²) in [6, 6.07) is 13.7. The van der Waals surface area contributed by atoms with Gasteiger partial charge in [-0.15, -0.1) is 11.3 Å². The molecule has 0 spiro atoms. The van der Waals surface area contributed by atoms with Crippen molar-refractivity contribution < 1.29 is 13.9 Å². The number of morpholine rings is 1. The van der Waals surface area contributed by atoms with Crippen LogP contribution < -0.4 is 5.32 Å². The monoisotopic (exact) mass is 445 g/mol. The first kappa shape index (κ1) is 21.1. The number of thiophene rings is 1. The predicted octanol–water partition coefficient (Wildman–Crippen LogP) is 3.92. The summed E-state index contributed by atoms with van der Waals surface area (Å²) in [5.41, 5.74) is 1.56. The van der Waals surface area contributed by atoms with Crippen molar-refractivity contribution in [3.05, 3.63) is 63.1 Å². The van der Waals surface area contributed by atoms with Crippen LogP contribution in [0.4, 0.5) is 0 Å². The zero-order valence-corrected chi connectivity index (χ0v) is 18.3. The van der Waals surface area contributed by atoms with Gasteiger partial charge in [-0.2, -0.15) is 0 Å². The average molecular weight is 446 g/mol. The lowest BCUT2D eigenvalue weighted by atomic mass is 10.2. The third-order valence-corrected chi connectivity index (χ3v) is 6.22. The Morgan fingerprint density at radius 1 is 1.30 bits per heavy atom. The van der Waals surface area contributed by atoms with Gasteiger partial charge in [-0.1, -0.05) is 29.8 Å². The summed E-state index contributed by atoms with van der Waals surface area (Å²) in [4.78, 5) is 20.5. The van der Waals surface area contributed by atoms with Crippen molar-refractivity contribution in [2.45, 2.75) is 26.0 Å². The van der Waals surface area contributed by atoms with Crippen molar-refractivity contribution in [2.24, 2.45) is 0 Å². The molecule has 3 heterocycles. The van der Waals surface area contributed by atoms with Crippen LogP contribution in [0.2, 0.25) is 4.34 Å². The Hall–Kier alpha value is -2.19. The Morgan fingerprint density at radius 3 is 2.90 bits per heavy atom. The smallest absolute Gasteiger partial charge is 0.226 e. The SMILES string of the molecule is Cc1oc(-c2ccccc2)nc1CC(=O)NC[C@H]1CN(Cc2ccc(Cl)s2)CCO1. The first-order valence-electron chi connectivity index (χ1n) is 9.93. The maximum Gasteiger partial charge on any atom is 0.226 e. The van der Waals surface area contributed by atoms with E-state index in [0.717, 1.165) is 29.5 Å². The van der Waals surface area contributed by atoms with Gasteiger partial charge in [-0.3, -0.25) is 9.69 Å². The molecule has 0 bridgehead atoms. The summed E-state index contributed by atoms with van der Waals surface area (Å²) in [5.74, 6) is 1.12. The van der Waals surface area contributed by atoms with E-state index in [1.807, 2.05) is 43.3 Å². The van der Waals surface area contributed by atoms with Gasteiger partial charge in [0.1, 0.15) is 5.76 Å². The highest BCUT2D eigenvalue weighted by Crippen LogP contribution is 2.24. The molecule has 1 aliphatic heterocycles. The van der Waals surface area contributed by atoms with E-state index < -0.39 is 0 Å². The summed E-state index contributed by atoms with van der Waals surface area (Å²) >= 11 is 7.62. The normalized spacial score (nSPS) is 17.2. The molecule has 6 nitrogen and oxygen atoms in total. The van der Waals surface area contributed by atoms with E-state index in [1.54, 1.807) is 11.3 Å². The van der Waals surface area contributed by atoms with Crippen LogP contribution in [-0.4, -0.2) is 48.1 Å². The molecule has 2 aromatic heterocycles. The maximum absolute atomic E-state index is 12.5. The Labute approximate surface area is 184 Å². The summed E-state index contributed by atoms with van der Waals surface area (Å²) in [7, 11) is 0. The number of aromatic nitrogens is 1. The van der Waals surface area contributed by atoms with Crippen molar-refractivity contribution in [3.63, 3.8) is 0 Å². The minimum absolute atomic E-state index is 0.0311. The van der Waals surface area contributed by atoms with E-state index in [1.165, 1.54) is 4.88 Å². The Morgan fingerprint density at radius 2 is 2.13 bits per heavy atom. The molecule has 0 saturated carbocycles. The number of ether oxygens (including phenoxy) is 1. The molecule has 1 aliphatic rings.